The zero-order valence-electron chi connectivity index (χ0n) is 35.9. The number of nitrogens with two attached hydrogens (primary N) is 3. The minimum Gasteiger partial charge on any atom is -0.368 e. The number of fused-ring (bicyclic) bond motifs is 1. The molecule has 11 N–H and O–H groups in total. The van der Waals surface area contributed by atoms with Crippen molar-refractivity contribution in [2.24, 2.45) is 23.1 Å². The number of H-pyrrole nitrogens is 1. The molecular weight excluding hydrogens is 799 g/mol. The number of rotatable bonds is 21. The maximum atomic E-state index is 14.6. The molecule has 6 amide bonds. The summed E-state index contributed by atoms with van der Waals surface area (Å²) in [5.74, 6) is -3.10. The number of hydrogen-bond donors (Lipinski definition) is 8. The molecule has 0 unspecified atom stereocenters. The Bertz CT molecular complexity index is 2160. The quantitative estimate of drug-likeness (QED) is 0.0618. The molecule has 4 aromatic rings. The van der Waals surface area contributed by atoms with Crippen molar-refractivity contribution < 1.29 is 28.8 Å². The molecule has 1 saturated carbocycles. The number of nitrogens with zero attached hydrogens (tertiary/aromatic N) is 1. The fraction of sp³-hybridized carbons (Fsp3) is 0.458. The number of likely N-dealkylation sites (tertiary alicyclic amines) is 1. The van der Waals surface area contributed by atoms with Gasteiger partial charge in [-0.1, -0.05) is 111 Å². The molecule has 3 aromatic carbocycles. The maximum absolute atomic E-state index is 14.6. The van der Waals surface area contributed by atoms with Gasteiger partial charge in [-0.3, -0.25) is 28.8 Å². The molecule has 6 rings (SSSR count). The zero-order chi connectivity index (χ0) is 44.7. The van der Waals surface area contributed by atoms with Crippen LogP contribution in [0.25, 0.3) is 10.9 Å². The van der Waals surface area contributed by atoms with Crippen LogP contribution < -0.4 is 38.5 Å². The Morgan fingerprint density at radius 1 is 0.667 bits per heavy atom. The summed E-state index contributed by atoms with van der Waals surface area (Å²) in [5, 5.41) is 12.5. The van der Waals surface area contributed by atoms with Gasteiger partial charge in [0, 0.05) is 36.5 Å². The van der Waals surface area contributed by atoms with Gasteiger partial charge in [0.05, 0.1) is 6.04 Å². The summed E-state index contributed by atoms with van der Waals surface area (Å²) in [6, 6.07) is 20.2. The van der Waals surface area contributed by atoms with Crippen molar-refractivity contribution in [1.29, 1.82) is 0 Å². The number of para-hydroxylation sites is 1. The molecule has 0 radical (unpaired) electrons. The first kappa shape index (κ1) is 46.4. The monoisotopic (exact) mass is 861 g/mol. The first-order chi connectivity index (χ1) is 30.5. The third-order valence-corrected chi connectivity index (χ3v) is 12.4. The molecular formula is C48H63N9O6. The molecule has 1 aromatic heterocycles. The normalized spacial score (nSPS) is 17.8. The van der Waals surface area contributed by atoms with Crippen molar-refractivity contribution in [3.8, 4) is 0 Å². The third-order valence-electron chi connectivity index (χ3n) is 12.4. The number of carbonyl (C=O) groups is 6. The van der Waals surface area contributed by atoms with Crippen molar-refractivity contribution in [1.82, 2.24) is 31.2 Å². The van der Waals surface area contributed by atoms with Crippen LogP contribution in [0.2, 0.25) is 0 Å². The molecule has 6 atom stereocenters. The molecule has 336 valence electrons. The SMILES string of the molecule is NCCC[C@H](NC(=O)[C@@H](N)Cc1ccccc1)C(=O)N1CCC[C@H]1C(=O)N[C@@H](CC1CCCCC1)C(=O)N[C@@H](Cc1c[nH]c2ccccc12)C(=O)N[C@@H](Cc1ccccc1)C(N)=O. The van der Waals surface area contributed by atoms with Crippen molar-refractivity contribution in [2.75, 3.05) is 13.1 Å². The molecule has 2 fully saturated rings. The molecule has 0 spiro atoms. The highest BCUT2D eigenvalue weighted by molar-refractivity contribution is 5.97. The summed E-state index contributed by atoms with van der Waals surface area (Å²) in [7, 11) is 0. The van der Waals surface area contributed by atoms with Crippen molar-refractivity contribution >= 4 is 46.3 Å². The van der Waals surface area contributed by atoms with Gasteiger partial charge in [0.2, 0.25) is 35.4 Å². The van der Waals surface area contributed by atoms with E-state index in [1.165, 1.54) is 4.90 Å². The summed E-state index contributed by atoms with van der Waals surface area (Å²) < 4.78 is 0. The molecule has 1 saturated heterocycles. The summed E-state index contributed by atoms with van der Waals surface area (Å²) >= 11 is 0. The molecule has 0 bridgehead atoms. The average Bonchev–Trinajstić information content (AvgIpc) is 3.96. The largest absolute Gasteiger partial charge is 0.368 e. The molecule has 2 aliphatic rings. The lowest BCUT2D eigenvalue weighted by atomic mass is 9.84. The van der Waals surface area contributed by atoms with Crippen LogP contribution in [0.15, 0.2) is 91.1 Å². The number of amides is 6. The summed E-state index contributed by atoms with van der Waals surface area (Å²) in [6.07, 6.45) is 9.17. The van der Waals surface area contributed by atoms with Crippen LogP contribution >= 0.6 is 0 Å². The number of carbonyl (C=O) groups excluding carboxylic acids is 6. The fourth-order valence-corrected chi connectivity index (χ4v) is 8.92. The molecule has 15 heteroatoms. The van der Waals surface area contributed by atoms with E-state index in [0.717, 1.165) is 59.7 Å². The van der Waals surface area contributed by atoms with E-state index in [1.807, 2.05) is 84.9 Å². The molecule has 63 heavy (non-hydrogen) atoms. The Labute approximate surface area is 369 Å². The highest BCUT2D eigenvalue weighted by Gasteiger charge is 2.40. The van der Waals surface area contributed by atoms with Gasteiger partial charge in [0.1, 0.15) is 30.2 Å². The predicted molar refractivity (Wildman–Crippen MR) is 241 cm³/mol. The van der Waals surface area contributed by atoms with Crippen LogP contribution in [-0.4, -0.2) is 94.7 Å². The van der Waals surface area contributed by atoms with E-state index < -0.39 is 71.7 Å². The number of aromatic amines is 1. The Morgan fingerprint density at radius 2 is 1.29 bits per heavy atom. The van der Waals surface area contributed by atoms with E-state index in [0.29, 0.717) is 38.8 Å². The van der Waals surface area contributed by atoms with Gasteiger partial charge in [-0.05, 0) is 73.7 Å². The second kappa shape index (κ2) is 22.9. The molecule has 1 aliphatic carbocycles. The Hall–Kier alpha value is -6.06. The lowest BCUT2D eigenvalue weighted by molar-refractivity contribution is -0.142. The summed E-state index contributed by atoms with van der Waals surface area (Å²) in [4.78, 5) is 88.1. The number of primary amides is 1. The number of hydrogen-bond acceptors (Lipinski definition) is 8. The van der Waals surface area contributed by atoms with Crippen LogP contribution in [0.3, 0.4) is 0 Å². The second-order valence-electron chi connectivity index (χ2n) is 17.1. The van der Waals surface area contributed by atoms with Gasteiger partial charge in [-0.25, -0.2) is 0 Å². The lowest BCUT2D eigenvalue weighted by Gasteiger charge is -2.32. The van der Waals surface area contributed by atoms with Crippen LogP contribution in [0.5, 0.6) is 0 Å². The topological polar surface area (TPSA) is 248 Å². The first-order valence-corrected chi connectivity index (χ1v) is 22.4. The first-order valence-electron chi connectivity index (χ1n) is 22.4. The smallest absolute Gasteiger partial charge is 0.245 e. The van der Waals surface area contributed by atoms with Gasteiger partial charge >= 0.3 is 0 Å². The Balaban J connectivity index is 1.20. The minimum absolute atomic E-state index is 0.0817. The third kappa shape index (κ3) is 13.0. The van der Waals surface area contributed by atoms with Crippen molar-refractivity contribution in [3.05, 3.63) is 108 Å². The average molecular weight is 862 g/mol. The van der Waals surface area contributed by atoms with Crippen LogP contribution in [0.1, 0.15) is 80.9 Å². The Kier molecular flexibility index (Phi) is 16.9. The van der Waals surface area contributed by atoms with Crippen LogP contribution in [0, 0.1) is 5.92 Å². The standard InChI is InChI=1S/C48H63N9O6/c49-24-12-22-38(53-44(59)36(50)26-31-14-4-1-5-15-31)48(63)57-25-13-23-42(57)47(62)56-40(28-33-18-8-3-9-19-33)45(60)55-41(29-34-30-52-37-21-11-10-20-35(34)37)46(61)54-39(43(51)58)27-32-16-6-2-7-17-32/h1-2,4-7,10-11,14-17,20-21,30,33,36,38-42,52H,3,8-9,12-13,18-19,22-29,49-50H2,(H2,51,58)(H,53,59)(H,54,61)(H,55,60)(H,56,62)/t36-,38-,39-,40-,41-,42-/m0/s1. The fourth-order valence-electron chi connectivity index (χ4n) is 8.92. The zero-order valence-corrected chi connectivity index (χ0v) is 35.9. The van der Waals surface area contributed by atoms with Crippen molar-refractivity contribution in [3.63, 3.8) is 0 Å². The van der Waals surface area contributed by atoms with Crippen LogP contribution in [-0.2, 0) is 48.0 Å². The maximum Gasteiger partial charge on any atom is 0.245 e. The van der Waals surface area contributed by atoms with Gasteiger partial charge in [0.25, 0.3) is 0 Å². The number of aromatic nitrogens is 1. The van der Waals surface area contributed by atoms with E-state index in [-0.39, 0.29) is 31.6 Å². The van der Waals surface area contributed by atoms with Gasteiger partial charge in [0.15, 0.2) is 0 Å². The van der Waals surface area contributed by atoms with E-state index >= 15 is 0 Å². The van der Waals surface area contributed by atoms with Gasteiger partial charge in [-0.15, -0.1) is 0 Å². The molecule has 1 aliphatic heterocycles. The van der Waals surface area contributed by atoms with E-state index in [2.05, 4.69) is 26.3 Å². The van der Waals surface area contributed by atoms with E-state index in [4.69, 9.17) is 17.2 Å². The lowest BCUT2D eigenvalue weighted by Crippen LogP contribution is -2.59. The predicted octanol–water partition coefficient (Wildman–Crippen LogP) is 2.65. The Morgan fingerprint density at radius 3 is 1.97 bits per heavy atom. The van der Waals surface area contributed by atoms with Crippen molar-refractivity contribution in [2.45, 2.75) is 120 Å². The van der Waals surface area contributed by atoms with E-state index in [1.54, 1.807) is 6.20 Å². The summed E-state index contributed by atoms with van der Waals surface area (Å²) in [6.45, 7) is 0.589. The number of benzene rings is 3. The molecule has 2 heterocycles. The molecule has 15 nitrogen and oxygen atoms in total. The second-order valence-corrected chi connectivity index (χ2v) is 17.1. The minimum atomic E-state index is -1.15. The van der Waals surface area contributed by atoms with Crippen LogP contribution in [0.4, 0.5) is 0 Å². The summed E-state index contributed by atoms with van der Waals surface area (Å²) in [5.41, 5.74) is 21.2. The number of nitrogens with one attached hydrogen (secondary N) is 5. The van der Waals surface area contributed by atoms with Gasteiger partial charge < -0.3 is 48.4 Å². The van der Waals surface area contributed by atoms with Gasteiger partial charge in [-0.2, -0.15) is 0 Å². The van der Waals surface area contributed by atoms with E-state index in [9.17, 15) is 28.8 Å². The highest BCUT2D eigenvalue weighted by Crippen LogP contribution is 2.28. The highest BCUT2D eigenvalue weighted by atomic mass is 16.2.